The van der Waals surface area contributed by atoms with Crippen LogP contribution in [0.25, 0.3) is 0 Å². The van der Waals surface area contributed by atoms with Gasteiger partial charge in [0, 0.05) is 27.6 Å². The van der Waals surface area contributed by atoms with Crippen molar-refractivity contribution in [2.24, 2.45) is 19.2 Å². The first-order valence-corrected chi connectivity index (χ1v) is 7.78. The fraction of sp³-hybridized carbons (Fsp3) is 0.353. The summed E-state index contributed by atoms with van der Waals surface area (Å²) in [6.45, 7) is 0. The van der Waals surface area contributed by atoms with Gasteiger partial charge in [-0.2, -0.15) is 5.10 Å². The van der Waals surface area contributed by atoms with Gasteiger partial charge in [-0.15, -0.1) is 0 Å². The zero-order valence-corrected chi connectivity index (χ0v) is 14.6. The molecule has 132 valence electrons. The highest BCUT2D eigenvalue weighted by Gasteiger charge is 2.30. The molecular formula is C17H20N4O4. The van der Waals surface area contributed by atoms with E-state index in [1.54, 1.807) is 12.1 Å². The first-order valence-electron chi connectivity index (χ1n) is 7.78. The van der Waals surface area contributed by atoms with Crippen LogP contribution in [0.15, 0.2) is 39.0 Å². The van der Waals surface area contributed by atoms with E-state index in [4.69, 9.17) is 4.74 Å². The lowest BCUT2D eigenvalue weighted by molar-refractivity contribution is 0.289. The Balaban J connectivity index is 2.00. The van der Waals surface area contributed by atoms with E-state index in [9.17, 15) is 14.7 Å². The van der Waals surface area contributed by atoms with Crippen LogP contribution in [0.3, 0.4) is 0 Å². The van der Waals surface area contributed by atoms with Crippen molar-refractivity contribution in [1.29, 1.82) is 0 Å². The van der Waals surface area contributed by atoms with Crippen LogP contribution < -0.4 is 16.0 Å². The number of benzene rings is 1. The summed E-state index contributed by atoms with van der Waals surface area (Å²) in [5, 5.41) is 16.5. The molecule has 8 nitrogen and oxygen atoms in total. The summed E-state index contributed by atoms with van der Waals surface area (Å²) in [7, 11) is 6.22. The Morgan fingerprint density at radius 3 is 2.36 bits per heavy atom. The molecule has 1 N–H and O–H groups in total. The number of hydrazone groups is 1. The van der Waals surface area contributed by atoms with Crippen LogP contribution >= 0.6 is 0 Å². The van der Waals surface area contributed by atoms with E-state index in [2.05, 4.69) is 5.10 Å². The molecule has 8 heteroatoms. The van der Waals surface area contributed by atoms with Crippen LogP contribution in [-0.4, -0.2) is 39.1 Å². The summed E-state index contributed by atoms with van der Waals surface area (Å²) in [6, 6.07) is 7.55. The van der Waals surface area contributed by atoms with Crippen molar-refractivity contribution in [3.8, 4) is 11.6 Å². The minimum absolute atomic E-state index is 0.0625. The molecule has 0 bridgehead atoms. The molecule has 2 aromatic rings. The minimum Gasteiger partial charge on any atom is -0.497 e. The molecule has 0 saturated heterocycles. The quantitative estimate of drug-likeness (QED) is 0.880. The van der Waals surface area contributed by atoms with Crippen molar-refractivity contribution in [3.05, 3.63) is 56.2 Å². The number of nitrogens with zero attached hydrogens (tertiary/aromatic N) is 4. The Kier molecular flexibility index (Phi) is 4.12. The molecule has 3 rings (SSSR count). The average molecular weight is 344 g/mol. The Morgan fingerprint density at radius 1 is 1.12 bits per heavy atom. The summed E-state index contributed by atoms with van der Waals surface area (Å²) in [6.07, 6.45) is 0.448. The van der Waals surface area contributed by atoms with Crippen LogP contribution in [0, 0.1) is 0 Å². The summed E-state index contributed by atoms with van der Waals surface area (Å²) in [5.74, 6) is 0.394. The standard InChI is InChI=1S/C17H20N4O4/c1-19-15(22)14(16(23)20(2)17(19)24)12-9-13(21(3)18-12)10-5-7-11(25-4)8-6-10/h5-8,13,22H,9H2,1-4H3/t13-/m0/s1. The van der Waals surface area contributed by atoms with E-state index in [0.29, 0.717) is 12.1 Å². The minimum atomic E-state index is -0.579. The van der Waals surface area contributed by atoms with Crippen molar-refractivity contribution in [3.63, 3.8) is 0 Å². The number of aromatic hydroxyl groups is 1. The van der Waals surface area contributed by atoms with Gasteiger partial charge in [0.15, 0.2) is 0 Å². The van der Waals surface area contributed by atoms with Gasteiger partial charge in [-0.25, -0.2) is 4.79 Å². The van der Waals surface area contributed by atoms with E-state index in [-0.39, 0.29) is 17.5 Å². The summed E-state index contributed by atoms with van der Waals surface area (Å²) in [5.41, 5.74) is 0.403. The van der Waals surface area contributed by atoms with E-state index < -0.39 is 11.2 Å². The van der Waals surface area contributed by atoms with E-state index in [1.807, 2.05) is 31.3 Å². The van der Waals surface area contributed by atoms with Crippen molar-refractivity contribution in [2.45, 2.75) is 12.5 Å². The highest BCUT2D eigenvalue weighted by molar-refractivity contribution is 6.03. The van der Waals surface area contributed by atoms with Crippen molar-refractivity contribution >= 4 is 5.71 Å². The molecular weight excluding hydrogens is 324 g/mol. The number of aromatic nitrogens is 2. The maximum atomic E-state index is 12.5. The Labute approximate surface area is 144 Å². The van der Waals surface area contributed by atoms with Crippen LogP contribution in [0.5, 0.6) is 11.6 Å². The predicted octanol–water partition coefficient (Wildman–Crippen LogP) is 0.579. The first kappa shape index (κ1) is 16.8. The number of hydrogen-bond donors (Lipinski definition) is 1. The van der Waals surface area contributed by atoms with Gasteiger partial charge >= 0.3 is 5.69 Å². The summed E-state index contributed by atoms with van der Waals surface area (Å²) >= 11 is 0. The van der Waals surface area contributed by atoms with E-state index in [0.717, 1.165) is 20.4 Å². The first-order chi connectivity index (χ1) is 11.8. The molecule has 2 heterocycles. The Bertz CT molecular complexity index is 956. The molecule has 0 unspecified atom stereocenters. The molecule has 0 fully saturated rings. The second kappa shape index (κ2) is 6.12. The molecule has 1 aliphatic rings. The van der Waals surface area contributed by atoms with Crippen LogP contribution in [-0.2, 0) is 14.1 Å². The molecule has 1 atom stereocenters. The molecule has 1 aliphatic heterocycles. The van der Waals surface area contributed by atoms with Gasteiger partial charge in [0.2, 0.25) is 5.88 Å². The van der Waals surface area contributed by atoms with Gasteiger partial charge in [0.25, 0.3) is 5.56 Å². The normalized spacial score (nSPS) is 16.9. The van der Waals surface area contributed by atoms with Gasteiger partial charge in [0.1, 0.15) is 11.3 Å². The lowest BCUT2D eigenvalue weighted by Gasteiger charge is -2.19. The second-order valence-electron chi connectivity index (χ2n) is 6.02. The molecule has 1 aromatic carbocycles. The highest BCUT2D eigenvalue weighted by Crippen LogP contribution is 2.32. The van der Waals surface area contributed by atoms with Crippen molar-refractivity contribution in [1.82, 2.24) is 14.1 Å². The monoisotopic (exact) mass is 344 g/mol. The van der Waals surface area contributed by atoms with Crippen molar-refractivity contribution in [2.75, 3.05) is 14.2 Å². The van der Waals surface area contributed by atoms with Gasteiger partial charge in [0.05, 0.1) is 18.9 Å². The SMILES string of the molecule is COc1ccc([C@@H]2CC(c3c(O)n(C)c(=O)n(C)c3=O)=NN2C)cc1. The van der Waals surface area contributed by atoms with Gasteiger partial charge < -0.3 is 9.84 Å². The molecule has 0 amide bonds. The third-order valence-electron chi connectivity index (χ3n) is 4.54. The van der Waals surface area contributed by atoms with Gasteiger partial charge in [-0.05, 0) is 17.7 Å². The molecule has 1 aromatic heterocycles. The Hall–Kier alpha value is -3.03. The average Bonchev–Trinajstić information content (AvgIpc) is 3.00. The fourth-order valence-electron chi connectivity index (χ4n) is 3.01. The van der Waals surface area contributed by atoms with E-state index in [1.165, 1.54) is 14.1 Å². The van der Waals surface area contributed by atoms with Crippen LogP contribution in [0.1, 0.15) is 23.6 Å². The third kappa shape index (κ3) is 2.69. The molecule has 0 aliphatic carbocycles. The largest absolute Gasteiger partial charge is 0.497 e. The molecule has 0 radical (unpaired) electrons. The van der Waals surface area contributed by atoms with Crippen LogP contribution in [0.2, 0.25) is 0 Å². The van der Waals surface area contributed by atoms with Gasteiger partial charge in [-0.3, -0.25) is 18.9 Å². The van der Waals surface area contributed by atoms with Crippen LogP contribution in [0.4, 0.5) is 0 Å². The lowest BCUT2D eigenvalue weighted by atomic mass is 9.99. The highest BCUT2D eigenvalue weighted by atomic mass is 16.5. The zero-order valence-electron chi connectivity index (χ0n) is 14.6. The number of hydrogen-bond acceptors (Lipinski definition) is 6. The topological polar surface area (TPSA) is 89.1 Å². The summed E-state index contributed by atoms with van der Waals surface area (Å²) < 4.78 is 7.18. The number of ether oxygens (including phenoxy) is 1. The van der Waals surface area contributed by atoms with Crippen molar-refractivity contribution < 1.29 is 9.84 Å². The third-order valence-corrected chi connectivity index (χ3v) is 4.54. The molecule has 0 spiro atoms. The maximum absolute atomic E-state index is 12.5. The smallest absolute Gasteiger partial charge is 0.333 e. The maximum Gasteiger partial charge on any atom is 0.333 e. The second-order valence-corrected chi connectivity index (χ2v) is 6.02. The fourth-order valence-corrected chi connectivity index (χ4v) is 3.01. The predicted molar refractivity (Wildman–Crippen MR) is 93.2 cm³/mol. The van der Waals surface area contributed by atoms with Gasteiger partial charge in [-0.1, -0.05) is 12.1 Å². The number of rotatable bonds is 3. The summed E-state index contributed by atoms with van der Waals surface area (Å²) in [4.78, 5) is 24.3. The lowest BCUT2D eigenvalue weighted by Crippen LogP contribution is -2.39. The molecule has 25 heavy (non-hydrogen) atoms. The Morgan fingerprint density at radius 2 is 1.76 bits per heavy atom. The van der Waals surface area contributed by atoms with E-state index >= 15 is 0 Å². The number of methoxy groups -OCH3 is 1. The zero-order chi connectivity index (χ0) is 18.3. The molecule has 0 saturated carbocycles.